The van der Waals surface area contributed by atoms with Crippen LogP contribution >= 0.6 is 0 Å². The average molecular weight is 294 g/mol. The molecule has 1 heterocycles. The topological polar surface area (TPSA) is 46.5 Å². The van der Waals surface area contributed by atoms with E-state index >= 15 is 0 Å². The number of benzene rings is 2. The number of allylic oxidation sites excluding steroid dienone is 2. The fourth-order valence-electron chi connectivity index (χ4n) is 2.67. The first kappa shape index (κ1) is 14.4. The summed E-state index contributed by atoms with van der Waals surface area (Å²) >= 11 is 0. The van der Waals surface area contributed by atoms with Gasteiger partial charge in [-0.05, 0) is 68.2 Å². The molecule has 0 aromatic heterocycles. The van der Waals surface area contributed by atoms with Crippen molar-refractivity contribution in [2.24, 2.45) is 0 Å². The van der Waals surface area contributed by atoms with E-state index in [4.69, 9.17) is 4.74 Å². The third-order valence-corrected chi connectivity index (χ3v) is 3.81. The minimum Gasteiger partial charge on any atom is -0.508 e. The molecule has 3 heteroatoms. The number of carbonyl (C=O) groups is 1. The van der Waals surface area contributed by atoms with Crippen LogP contribution in [0.15, 0.2) is 54.1 Å². The number of ketones is 1. The monoisotopic (exact) mass is 294 g/mol. The van der Waals surface area contributed by atoms with Crippen molar-refractivity contribution in [1.82, 2.24) is 0 Å². The zero-order valence-corrected chi connectivity index (χ0v) is 12.5. The lowest BCUT2D eigenvalue weighted by molar-refractivity contribution is 0.104. The van der Waals surface area contributed by atoms with Crippen LogP contribution in [0, 0.1) is 0 Å². The maximum Gasteiger partial charge on any atom is 0.189 e. The molecule has 2 aromatic rings. The molecule has 0 atom stereocenters. The molecule has 0 saturated carbocycles. The van der Waals surface area contributed by atoms with E-state index in [0.29, 0.717) is 17.1 Å². The van der Waals surface area contributed by atoms with Crippen LogP contribution < -0.4 is 4.74 Å². The molecular weight excluding hydrogens is 276 g/mol. The van der Waals surface area contributed by atoms with Crippen molar-refractivity contribution in [2.75, 3.05) is 0 Å². The summed E-state index contributed by atoms with van der Waals surface area (Å²) in [5.41, 5.74) is 2.57. The van der Waals surface area contributed by atoms with Crippen LogP contribution in [0.5, 0.6) is 17.2 Å². The molecule has 3 nitrogen and oxygen atoms in total. The summed E-state index contributed by atoms with van der Waals surface area (Å²) < 4.78 is 5.97. The Morgan fingerprint density at radius 2 is 1.86 bits per heavy atom. The minimum absolute atomic E-state index is 0.0321. The van der Waals surface area contributed by atoms with E-state index in [-0.39, 0.29) is 11.5 Å². The Labute approximate surface area is 129 Å². The summed E-state index contributed by atoms with van der Waals surface area (Å²) in [5.74, 6) is 1.44. The third-order valence-electron chi connectivity index (χ3n) is 3.81. The molecule has 0 spiro atoms. The third kappa shape index (κ3) is 3.03. The van der Waals surface area contributed by atoms with Gasteiger partial charge >= 0.3 is 0 Å². The van der Waals surface area contributed by atoms with E-state index in [1.807, 2.05) is 19.1 Å². The number of fused-ring (bicyclic) bond motifs is 2. The Kier molecular flexibility index (Phi) is 3.96. The van der Waals surface area contributed by atoms with Gasteiger partial charge in [-0.3, -0.25) is 4.79 Å². The lowest BCUT2D eigenvalue weighted by Crippen LogP contribution is -1.99. The number of phenolic OH excluding ortho intramolecular Hbond substituents is 1. The van der Waals surface area contributed by atoms with Gasteiger partial charge in [0.05, 0.1) is 5.56 Å². The Bertz CT molecular complexity index is 744. The van der Waals surface area contributed by atoms with Crippen molar-refractivity contribution in [1.29, 1.82) is 0 Å². The number of hydrogen-bond donors (Lipinski definition) is 1. The number of para-hydroxylation sites is 1. The van der Waals surface area contributed by atoms with E-state index in [1.54, 1.807) is 36.4 Å². The number of aryl methyl sites for hydroxylation is 1. The second kappa shape index (κ2) is 6.06. The molecule has 112 valence electrons. The molecular formula is C19H18O3. The second-order valence-electron chi connectivity index (χ2n) is 5.60. The minimum atomic E-state index is -0.0321. The lowest BCUT2D eigenvalue weighted by Gasteiger charge is -2.13. The molecule has 3 rings (SSSR count). The normalized spacial score (nSPS) is 17.3. The van der Waals surface area contributed by atoms with E-state index in [0.717, 1.165) is 30.4 Å². The summed E-state index contributed by atoms with van der Waals surface area (Å²) in [4.78, 5) is 12.4. The zero-order valence-electron chi connectivity index (χ0n) is 12.5. The standard InChI is InChI=1S/C19H18O3/c1-13-5-4-6-14-12-15(20)9-10-18(14)22-19-8-3-2-7-16(19)17(21)11-13/h2-3,7-12,20H,4-6H2,1H3/b13-11+. The first-order valence-corrected chi connectivity index (χ1v) is 7.44. The zero-order chi connectivity index (χ0) is 15.5. The highest BCUT2D eigenvalue weighted by Gasteiger charge is 2.14. The summed E-state index contributed by atoms with van der Waals surface area (Å²) in [7, 11) is 0. The van der Waals surface area contributed by atoms with Crippen molar-refractivity contribution in [2.45, 2.75) is 26.2 Å². The highest BCUT2D eigenvalue weighted by molar-refractivity contribution is 6.06. The maximum atomic E-state index is 12.4. The van der Waals surface area contributed by atoms with E-state index < -0.39 is 0 Å². The van der Waals surface area contributed by atoms with Crippen LogP contribution in [-0.4, -0.2) is 10.9 Å². The van der Waals surface area contributed by atoms with Gasteiger partial charge in [0.15, 0.2) is 5.78 Å². The van der Waals surface area contributed by atoms with Crippen molar-refractivity contribution in [3.63, 3.8) is 0 Å². The van der Waals surface area contributed by atoms with E-state index in [2.05, 4.69) is 0 Å². The molecule has 0 amide bonds. The van der Waals surface area contributed by atoms with Crippen molar-refractivity contribution in [3.05, 3.63) is 65.2 Å². The number of aromatic hydroxyl groups is 1. The van der Waals surface area contributed by atoms with Crippen molar-refractivity contribution in [3.8, 4) is 17.2 Å². The molecule has 0 radical (unpaired) electrons. The predicted molar refractivity (Wildman–Crippen MR) is 85.6 cm³/mol. The van der Waals surface area contributed by atoms with Crippen LogP contribution in [0.2, 0.25) is 0 Å². The summed E-state index contributed by atoms with van der Waals surface area (Å²) in [6, 6.07) is 12.3. The molecule has 0 bridgehead atoms. The van der Waals surface area contributed by atoms with Gasteiger partial charge in [-0.15, -0.1) is 0 Å². The highest BCUT2D eigenvalue weighted by atomic mass is 16.5. The number of ether oxygens (including phenoxy) is 1. The number of carbonyl (C=O) groups excluding carboxylic acids is 1. The quantitative estimate of drug-likeness (QED) is 0.769. The largest absolute Gasteiger partial charge is 0.508 e. The van der Waals surface area contributed by atoms with Crippen LogP contribution in [0.1, 0.15) is 35.7 Å². The molecule has 2 aromatic carbocycles. The van der Waals surface area contributed by atoms with Crippen molar-refractivity contribution < 1.29 is 14.6 Å². The Balaban J connectivity index is 2.11. The van der Waals surface area contributed by atoms with Gasteiger partial charge in [0.1, 0.15) is 17.2 Å². The van der Waals surface area contributed by atoms with Gasteiger partial charge in [-0.1, -0.05) is 17.7 Å². The van der Waals surface area contributed by atoms with Crippen LogP contribution in [0.4, 0.5) is 0 Å². The predicted octanol–water partition coefficient (Wildman–Crippen LogP) is 4.65. The number of rotatable bonds is 0. The second-order valence-corrected chi connectivity index (χ2v) is 5.60. The Morgan fingerprint density at radius 3 is 2.73 bits per heavy atom. The molecule has 0 saturated heterocycles. The van der Waals surface area contributed by atoms with E-state index in [9.17, 15) is 9.90 Å². The van der Waals surface area contributed by atoms with Crippen LogP contribution in [0.3, 0.4) is 0 Å². The first-order valence-electron chi connectivity index (χ1n) is 7.44. The van der Waals surface area contributed by atoms with Crippen molar-refractivity contribution >= 4 is 5.78 Å². The SMILES string of the molecule is C/C1=C\C(=O)c2ccccc2Oc2ccc(O)cc2CCC1. The molecule has 22 heavy (non-hydrogen) atoms. The number of phenols is 1. The van der Waals surface area contributed by atoms with Gasteiger partial charge in [-0.25, -0.2) is 0 Å². The Hall–Kier alpha value is -2.55. The van der Waals surface area contributed by atoms with Gasteiger partial charge < -0.3 is 9.84 Å². The molecule has 0 fully saturated rings. The molecule has 1 aliphatic heterocycles. The van der Waals surface area contributed by atoms with Gasteiger partial charge in [-0.2, -0.15) is 0 Å². The smallest absolute Gasteiger partial charge is 0.189 e. The molecule has 1 aliphatic rings. The molecule has 0 unspecified atom stereocenters. The van der Waals surface area contributed by atoms with Gasteiger partial charge in [0.2, 0.25) is 0 Å². The Morgan fingerprint density at radius 1 is 1.05 bits per heavy atom. The maximum absolute atomic E-state index is 12.4. The summed E-state index contributed by atoms with van der Waals surface area (Å²) in [5, 5.41) is 9.70. The lowest BCUT2D eigenvalue weighted by atomic mass is 10.0. The number of hydrogen-bond acceptors (Lipinski definition) is 3. The van der Waals surface area contributed by atoms with Gasteiger partial charge in [0, 0.05) is 0 Å². The van der Waals surface area contributed by atoms with E-state index in [1.165, 1.54) is 0 Å². The molecule has 1 N–H and O–H groups in total. The fourth-order valence-corrected chi connectivity index (χ4v) is 2.67. The van der Waals surface area contributed by atoms with Crippen LogP contribution in [-0.2, 0) is 6.42 Å². The van der Waals surface area contributed by atoms with Gasteiger partial charge in [0.25, 0.3) is 0 Å². The summed E-state index contributed by atoms with van der Waals surface area (Å²) in [6.45, 7) is 1.97. The first-order chi connectivity index (χ1) is 10.6. The van der Waals surface area contributed by atoms with Crippen LogP contribution in [0.25, 0.3) is 0 Å². The average Bonchev–Trinajstić information content (AvgIpc) is 2.51. The highest BCUT2D eigenvalue weighted by Crippen LogP contribution is 2.32. The fraction of sp³-hybridized carbons (Fsp3) is 0.211. The molecule has 0 aliphatic carbocycles. The summed E-state index contributed by atoms with van der Waals surface area (Å²) in [6.07, 6.45) is 4.25.